The summed E-state index contributed by atoms with van der Waals surface area (Å²) < 4.78 is 6.09. The maximum absolute atomic E-state index is 10.9. The highest BCUT2D eigenvalue weighted by molar-refractivity contribution is 7.80. The van der Waals surface area contributed by atoms with Crippen molar-refractivity contribution in [2.45, 2.75) is 25.1 Å². The second kappa shape index (κ2) is 4.70. The van der Waals surface area contributed by atoms with Crippen LogP contribution in [0.25, 0.3) is 0 Å². The molecule has 0 aromatic heterocycles. The lowest BCUT2D eigenvalue weighted by molar-refractivity contribution is -0.385. The number of thiocarbonyl (C=S) groups is 1. The third kappa shape index (κ3) is 2.13. The molecule has 0 spiro atoms. The van der Waals surface area contributed by atoms with Crippen LogP contribution in [0.5, 0.6) is 5.75 Å². The van der Waals surface area contributed by atoms with Crippen molar-refractivity contribution < 1.29 is 9.66 Å². The lowest BCUT2D eigenvalue weighted by atomic mass is 9.90. The van der Waals surface area contributed by atoms with Gasteiger partial charge in [0.1, 0.15) is 5.75 Å². The molecule has 2 bridgehead atoms. The highest BCUT2D eigenvalue weighted by Gasteiger charge is 2.47. The molecule has 1 saturated heterocycles. The molecule has 2 atom stereocenters. The van der Waals surface area contributed by atoms with E-state index in [-0.39, 0.29) is 11.7 Å². The van der Waals surface area contributed by atoms with Gasteiger partial charge in [-0.15, -0.1) is 6.58 Å². The van der Waals surface area contributed by atoms with Crippen molar-refractivity contribution >= 4 is 23.0 Å². The molecule has 0 saturated carbocycles. The molecule has 0 amide bonds. The van der Waals surface area contributed by atoms with Crippen LogP contribution in [-0.2, 0) is 0 Å². The number of hydrogen-bond donors (Lipinski definition) is 1. The van der Waals surface area contributed by atoms with E-state index in [0.29, 0.717) is 23.8 Å². The maximum Gasteiger partial charge on any atom is 0.270 e. The van der Waals surface area contributed by atoms with Crippen LogP contribution >= 0.6 is 12.2 Å². The normalized spacial score (nSPS) is 26.4. The van der Waals surface area contributed by atoms with Crippen molar-refractivity contribution in [3.05, 3.63) is 46.5 Å². The molecule has 1 N–H and O–H groups in total. The number of nitrogens with one attached hydrogen (secondary N) is 1. The molecule has 0 aliphatic carbocycles. The topological polar surface area (TPSA) is 67.6 Å². The fourth-order valence-electron chi connectivity index (χ4n) is 2.92. The minimum Gasteiger partial charge on any atom is -0.468 e. The van der Waals surface area contributed by atoms with Gasteiger partial charge in [-0.1, -0.05) is 6.08 Å². The Labute approximate surface area is 127 Å². The lowest BCUT2D eigenvalue weighted by Gasteiger charge is -2.52. The van der Waals surface area contributed by atoms with E-state index in [9.17, 15) is 10.1 Å². The largest absolute Gasteiger partial charge is 0.468 e. The van der Waals surface area contributed by atoms with E-state index in [2.05, 4.69) is 11.9 Å². The molecule has 1 fully saturated rings. The smallest absolute Gasteiger partial charge is 0.270 e. The number of non-ortho nitro benzene ring substituents is 1. The first-order valence-electron chi connectivity index (χ1n) is 6.61. The Balaban J connectivity index is 2.04. The SMILES string of the molecule is C=CCN1C(=S)NC2CC1(C)Oc1ccc([N+](=O)[O-])cc12. The van der Waals surface area contributed by atoms with E-state index >= 15 is 0 Å². The van der Waals surface area contributed by atoms with Crippen molar-refractivity contribution in [3.8, 4) is 5.75 Å². The molecular formula is C14H15N3O3S. The Morgan fingerprint density at radius 3 is 3.14 bits per heavy atom. The third-order valence-corrected chi connectivity index (χ3v) is 4.26. The first-order chi connectivity index (χ1) is 9.94. The van der Waals surface area contributed by atoms with Gasteiger partial charge in [-0.3, -0.25) is 10.1 Å². The Hall–Kier alpha value is -2.15. The van der Waals surface area contributed by atoms with Crippen molar-refractivity contribution in [3.63, 3.8) is 0 Å². The Morgan fingerprint density at radius 2 is 2.48 bits per heavy atom. The molecule has 7 heteroatoms. The Morgan fingerprint density at radius 1 is 1.71 bits per heavy atom. The number of nitrogens with zero attached hydrogens (tertiary/aromatic N) is 2. The summed E-state index contributed by atoms with van der Waals surface area (Å²) in [6.45, 7) is 6.30. The first-order valence-corrected chi connectivity index (χ1v) is 7.02. The fraction of sp³-hybridized carbons (Fsp3) is 0.357. The van der Waals surface area contributed by atoms with Gasteiger partial charge in [-0.25, -0.2) is 0 Å². The van der Waals surface area contributed by atoms with E-state index in [1.54, 1.807) is 18.2 Å². The predicted molar refractivity (Wildman–Crippen MR) is 82.1 cm³/mol. The monoisotopic (exact) mass is 305 g/mol. The van der Waals surface area contributed by atoms with Gasteiger partial charge >= 0.3 is 0 Å². The van der Waals surface area contributed by atoms with Crippen molar-refractivity contribution in [2.24, 2.45) is 0 Å². The molecule has 1 aromatic carbocycles. The quantitative estimate of drug-likeness (QED) is 0.400. The summed E-state index contributed by atoms with van der Waals surface area (Å²) in [5.74, 6) is 0.656. The molecule has 110 valence electrons. The van der Waals surface area contributed by atoms with Crippen LogP contribution in [0.2, 0.25) is 0 Å². The average molecular weight is 305 g/mol. The molecule has 21 heavy (non-hydrogen) atoms. The Bertz CT molecular complexity index is 648. The number of nitro benzene ring substituents is 1. The molecule has 2 unspecified atom stereocenters. The van der Waals surface area contributed by atoms with Crippen molar-refractivity contribution in [1.82, 2.24) is 10.2 Å². The number of fused-ring (bicyclic) bond motifs is 4. The van der Waals surface area contributed by atoms with Crippen molar-refractivity contribution in [2.75, 3.05) is 6.54 Å². The minimum absolute atomic E-state index is 0.0576. The zero-order valence-electron chi connectivity index (χ0n) is 11.5. The van der Waals surface area contributed by atoms with Crippen LogP contribution in [0, 0.1) is 10.1 Å². The van der Waals surface area contributed by atoms with Crippen LogP contribution in [0.15, 0.2) is 30.9 Å². The summed E-state index contributed by atoms with van der Waals surface area (Å²) in [5, 5.41) is 14.7. The van der Waals surface area contributed by atoms with Gasteiger partial charge in [-0.2, -0.15) is 0 Å². The van der Waals surface area contributed by atoms with Crippen LogP contribution in [0.1, 0.15) is 24.9 Å². The molecule has 6 nitrogen and oxygen atoms in total. The highest BCUT2D eigenvalue weighted by Crippen LogP contribution is 2.44. The minimum atomic E-state index is -0.565. The number of hydrogen-bond acceptors (Lipinski definition) is 4. The zero-order chi connectivity index (χ0) is 15.2. The van der Waals surface area contributed by atoms with Gasteiger partial charge in [0, 0.05) is 30.7 Å². The number of nitro groups is 1. The van der Waals surface area contributed by atoms with Gasteiger partial charge in [0.05, 0.1) is 11.0 Å². The lowest BCUT2D eigenvalue weighted by Crippen LogP contribution is -2.64. The zero-order valence-corrected chi connectivity index (χ0v) is 12.4. The molecule has 1 aromatic rings. The summed E-state index contributed by atoms with van der Waals surface area (Å²) in [6, 6.07) is 4.59. The van der Waals surface area contributed by atoms with E-state index < -0.39 is 10.6 Å². The van der Waals surface area contributed by atoms with Crippen LogP contribution in [0.4, 0.5) is 5.69 Å². The molecular weight excluding hydrogens is 290 g/mol. The highest BCUT2D eigenvalue weighted by atomic mass is 32.1. The Kier molecular flexibility index (Phi) is 3.09. The number of benzene rings is 1. The summed E-state index contributed by atoms with van der Waals surface area (Å²) >= 11 is 5.39. The molecule has 2 aliphatic heterocycles. The summed E-state index contributed by atoms with van der Waals surface area (Å²) in [7, 11) is 0. The van der Waals surface area contributed by atoms with Gasteiger partial charge in [-0.05, 0) is 25.2 Å². The standard InChI is InChI=1S/C14H15N3O3S/c1-3-6-16-13(21)15-11-8-14(16,2)20-12-5-4-9(17(18)19)7-10(11)12/h3-5,7,11H,1,6,8H2,2H3,(H,15,21). The van der Waals surface area contributed by atoms with E-state index in [0.717, 1.165) is 5.56 Å². The molecule has 2 heterocycles. The molecule has 3 rings (SSSR count). The predicted octanol–water partition coefficient (Wildman–Crippen LogP) is 2.51. The second-order valence-electron chi connectivity index (χ2n) is 5.36. The van der Waals surface area contributed by atoms with Gasteiger partial charge in [0.25, 0.3) is 5.69 Å². The first kappa shape index (κ1) is 13.8. The number of ether oxygens (including phenoxy) is 1. The fourth-order valence-corrected chi connectivity index (χ4v) is 3.33. The van der Waals surface area contributed by atoms with Gasteiger partial charge in [0.15, 0.2) is 10.8 Å². The maximum atomic E-state index is 10.9. The van der Waals surface area contributed by atoms with E-state index in [4.69, 9.17) is 17.0 Å². The van der Waals surface area contributed by atoms with E-state index in [1.165, 1.54) is 6.07 Å². The molecule has 0 radical (unpaired) electrons. The van der Waals surface area contributed by atoms with Crippen LogP contribution < -0.4 is 10.1 Å². The molecule has 2 aliphatic rings. The summed E-state index contributed by atoms with van der Waals surface area (Å²) in [5.41, 5.74) is 0.272. The number of rotatable bonds is 3. The van der Waals surface area contributed by atoms with Crippen molar-refractivity contribution in [1.29, 1.82) is 0 Å². The average Bonchev–Trinajstić information content (AvgIpc) is 2.42. The third-order valence-electron chi connectivity index (χ3n) is 3.92. The second-order valence-corrected chi connectivity index (χ2v) is 5.75. The van der Waals surface area contributed by atoms with Gasteiger partial charge in [0.2, 0.25) is 0 Å². The van der Waals surface area contributed by atoms with Crippen LogP contribution in [0.3, 0.4) is 0 Å². The van der Waals surface area contributed by atoms with Crippen LogP contribution in [-0.4, -0.2) is 27.2 Å². The summed E-state index contributed by atoms with van der Waals surface area (Å²) in [4.78, 5) is 12.5. The van der Waals surface area contributed by atoms with Gasteiger partial charge < -0.3 is 15.0 Å². The van der Waals surface area contributed by atoms with E-state index in [1.807, 2.05) is 11.8 Å². The summed E-state index contributed by atoms with van der Waals surface area (Å²) in [6.07, 6.45) is 2.43.